The number of hydrogen-bond acceptors (Lipinski definition) is 4. The highest BCUT2D eigenvalue weighted by molar-refractivity contribution is 5.56. The maximum Gasteiger partial charge on any atom is 0.229 e. The fourth-order valence-electron chi connectivity index (χ4n) is 2.62. The standard InChI is InChI=1S/C20H19F3N4/c1-13(2)27(12-14-6-4-3-5-7-14)17-10-11-24-20(26-17)25-16-9-8-15(21)18(22)19(16)23/h3-11,13H,12H2,1-2H3,(H,24,25,26). The first-order valence-electron chi connectivity index (χ1n) is 8.50. The van der Waals surface area contributed by atoms with Gasteiger partial charge in [-0.1, -0.05) is 30.3 Å². The van der Waals surface area contributed by atoms with Crippen molar-refractivity contribution in [2.75, 3.05) is 10.2 Å². The summed E-state index contributed by atoms with van der Waals surface area (Å²) in [7, 11) is 0. The predicted octanol–water partition coefficient (Wildman–Crippen LogP) is 5.05. The van der Waals surface area contributed by atoms with E-state index in [2.05, 4.69) is 20.2 Å². The number of hydrogen-bond donors (Lipinski definition) is 1. The van der Waals surface area contributed by atoms with Gasteiger partial charge in [-0.15, -0.1) is 0 Å². The lowest BCUT2D eigenvalue weighted by atomic mass is 10.2. The van der Waals surface area contributed by atoms with Gasteiger partial charge in [0, 0.05) is 18.8 Å². The Kier molecular flexibility index (Phi) is 5.59. The van der Waals surface area contributed by atoms with Crippen molar-refractivity contribution in [3.05, 3.63) is 77.7 Å². The second-order valence-corrected chi connectivity index (χ2v) is 6.29. The van der Waals surface area contributed by atoms with Gasteiger partial charge in [0.1, 0.15) is 5.82 Å². The molecule has 3 rings (SSSR count). The van der Waals surface area contributed by atoms with E-state index in [-0.39, 0.29) is 17.7 Å². The highest BCUT2D eigenvalue weighted by Gasteiger charge is 2.16. The number of nitrogens with one attached hydrogen (secondary N) is 1. The molecule has 140 valence electrons. The molecule has 0 radical (unpaired) electrons. The summed E-state index contributed by atoms with van der Waals surface area (Å²) < 4.78 is 40.4. The number of anilines is 3. The molecule has 0 aliphatic carbocycles. The summed E-state index contributed by atoms with van der Waals surface area (Å²) in [5, 5.41) is 2.61. The van der Waals surface area contributed by atoms with Gasteiger partial charge in [-0.3, -0.25) is 0 Å². The van der Waals surface area contributed by atoms with Crippen LogP contribution in [0.4, 0.5) is 30.6 Å². The normalized spacial score (nSPS) is 10.9. The van der Waals surface area contributed by atoms with Crippen molar-refractivity contribution in [3.8, 4) is 0 Å². The maximum absolute atomic E-state index is 13.9. The molecular weight excluding hydrogens is 353 g/mol. The summed E-state index contributed by atoms with van der Waals surface area (Å²) in [5.41, 5.74) is 0.885. The molecule has 0 saturated carbocycles. The first kappa shape index (κ1) is 18.7. The molecule has 7 heteroatoms. The van der Waals surface area contributed by atoms with Crippen LogP contribution in [0.3, 0.4) is 0 Å². The van der Waals surface area contributed by atoms with E-state index in [4.69, 9.17) is 0 Å². The van der Waals surface area contributed by atoms with Crippen LogP contribution in [0.2, 0.25) is 0 Å². The molecule has 0 atom stereocenters. The van der Waals surface area contributed by atoms with E-state index in [0.717, 1.165) is 17.7 Å². The molecule has 2 aromatic carbocycles. The van der Waals surface area contributed by atoms with Crippen molar-refractivity contribution in [2.24, 2.45) is 0 Å². The minimum Gasteiger partial charge on any atom is -0.350 e. The third-order valence-corrected chi connectivity index (χ3v) is 4.04. The third kappa shape index (κ3) is 4.36. The van der Waals surface area contributed by atoms with Crippen LogP contribution in [-0.4, -0.2) is 16.0 Å². The molecule has 0 aliphatic rings. The van der Waals surface area contributed by atoms with Crippen molar-refractivity contribution in [1.82, 2.24) is 9.97 Å². The lowest BCUT2D eigenvalue weighted by Crippen LogP contribution is -2.31. The van der Waals surface area contributed by atoms with E-state index in [0.29, 0.717) is 12.4 Å². The highest BCUT2D eigenvalue weighted by Crippen LogP contribution is 2.24. The second-order valence-electron chi connectivity index (χ2n) is 6.29. The molecule has 4 nitrogen and oxygen atoms in total. The predicted molar refractivity (Wildman–Crippen MR) is 99.4 cm³/mol. The van der Waals surface area contributed by atoms with Gasteiger partial charge in [0.2, 0.25) is 5.95 Å². The third-order valence-electron chi connectivity index (χ3n) is 4.04. The van der Waals surface area contributed by atoms with Crippen LogP contribution in [0.25, 0.3) is 0 Å². The minimum absolute atomic E-state index is 0.0936. The topological polar surface area (TPSA) is 41.1 Å². The molecule has 0 amide bonds. The van der Waals surface area contributed by atoms with E-state index in [9.17, 15) is 13.2 Å². The Morgan fingerprint density at radius 3 is 2.41 bits per heavy atom. The first-order chi connectivity index (χ1) is 13.0. The van der Waals surface area contributed by atoms with E-state index in [1.165, 1.54) is 6.20 Å². The average molecular weight is 372 g/mol. The van der Waals surface area contributed by atoms with Crippen molar-refractivity contribution in [3.63, 3.8) is 0 Å². The quantitative estimate of drug-likeness (QED) is 0.615. The zero-order valence-corrected chi connectivity index (χ0v) is 15.0. The Labute approximate surface area is 155 Å². The van der Waals surface area contributed by atoms with E-state index < -0.39 is 17.5 Å². The molecule has 1 heterocycles. The summed E-state index contributed by atoms with van der Waals surface area (Å²) >= 11 is 0. The Hall–Kier alpha value is -3.09. The van der Waals surface area contributed by atoms with E-state index in [1.807, 2.05) is 44.2 Å². The van der Waals surface area contributed by atoms with Crippen molar-refractivity contribution >= 4 is 17.5 Å². The number of nitrogens with zero attached hydrogens (tertiary/aromatic N) is 3. The summed E-state index contributed by atoms with van der Waals surface area (Å²) in [6, 6.07) is 13.8. The summed E-state index contributed by atoms with van der Waals surface area (Å²) in [4.78, 5) is 10.5. The Morgan fingerprint density at radius 2 is 1.70 bits per heavy atom. The molecule has 0 saturated heterocycles. The Balaban J connectivity index is 1.86. The van der Waals surface area contributed by atoms with Crippen LogP contribution < -0.4 is 10.2 Å². The zero-order valence-electron chi connectivity index (χ0n) is 15.0. The van der Waals surface area contributed by atoms with Crippen LogP contribution in [0.1, 0.15) is 19.4 Å². The largest absolute Gasteiger partial charge is 0.350 e. The summed E-state index contributed by atoms with van der Waals surface area (Å²) in [6.45, 7) is 4.70. The molecule has 0 fully saturated rings. The lowest BCUT2D eigenvalue weighted by Gasteiger charge is -2.28. The van der Waals surface area contributed by atoms with Crippen LogP contribution in [0.5, 0.6) is 0 Å². The fourth-order valence-corrected chi connectivity index (χ4v) is 2.62. The summed E-state index contributed by atoms with van der Waals surface area (Å²) in [5.74, 6) is -3.37. The SMILES string of the molecule is CC(C)N(Cc1ccccc1)c1ccnc(Nc2ccc(F)c(F)c2F)n1. The Bertz CT molecular complexity index is 916. The van der Waals surface area contributed by atoms with Crippen LogP contribution >= 0.6 is 0 Å². The van der Waals surface area contributed by atoms with Crippen LogP contribution in [0, 0.1) is 17.5 Å². The van der Waals surface area contributed by atoms with Gasteiger partial charge in [-0.05, 0) is 37.6 Å². The lowest BCUT2D eigenvalue weighted by molar-refractivity contribution is 0.449. The monoisotopic (exact) mass is 372 g/mol. The first-order valence-corrected chi connectivity index (χ1v) is 8.50. The highest BCUT2D eigenvalue weighted by atomic mass is 19.2. The number of aromatic nitrogens is 2. The zero-order chi connectivity index (χ0) is 19.4. The molecule has 0 bridgehead atoms. The molecule has 0 spiro atoms. The van der Waals surface area contributed by atoms with E-state index >= 15 is 0 Å². The second kappa shape index (κ2) is 8.07. The van der Waals surface area contributed by atoms with Crippen molar-refractivity contribution in [2.45, 2.75) is 26.4 Å². The number of halogens is 3. The molecule has 1 N–H and O–H groups in total. The van der Waals surface area contributed by atoms with Crippen LogP contribution in [0.15, 0.2) is 54.7 Å². The molecule has 27 heavy (non-hydrogen) atoms. The van der Waals surface area contributed by atoms with E-state index in [1.54, 1.807) is 6.07 Å². The molecule has 3 aromatic rings. The van der Waals surface area contributed by atoms with Crippen molar-refractivity contribution < 1.29 is 13.2 Å². The van der Waals surface area contributed by atoms with Crippen molar-refractivity contribution in [1.29, 1.82) is 0 Å². The Morgan fingerprint density at radius 1 is 0.963 bits per heavy atom. The molecular formula is C20H19F3N4. The van der Waals surface area contributed by atoms with Gasteiger partial charge in [0.15, 0.2) is 17.5 Å². The van der Waals surface area contributed by atoms with Gasteiger partial charge in [-0.25, -0.2) is 18.2 Å². The average Bonchev–Trinajstić information content (AvgIpc) is 2.67. The van der Waals surface area contributed by atoms with Gasteiger partial charge >= 0.3 is 0 Å². The smallest absolute Gasteiger partial charge is 0.229 e. The number of rotatable bonds is 6. The van der Waals surface area contributed by atoms with Gasteiger partial charge in [0.25, 0.3) is 0 Å². The number of benzene rings is 2. The van der Waals surface area contributed by atoms with Crippen LogP contribution in [-0.2, 0) is 6.54 Å². The van der Waals surface area contributed by atoms with Gasteiger partial charge in [0.05, 0.1) is 5.69 Å². The molecule has 1 aromatic heterocycles. The minimum atomic E-state index is -1.54. The van der Waals surface area contributed by atoms with Gasteiger partial charge < -0.3 is 10.2 Å². The molecule has 0 unspecified atom stereocenters. The van der Waals surface area contributed by atoms with Gasteiger partial charge in [-0.2, -0.15) is 4.98 Å². The summed E-state index contributed by atoms with van der Waals surface area (Å²) in [6.07, 6.45) is 1.53. The fraction of sp³-hybridized carbons (Fsp3) is 0.200. The maximum atomic E-state index is 13.9. The molecule has 0 aliphatic heterocycles.